The fourth-order valence-corrected chi connectivity index (χ4v) is 4.58. The van der Waals surface area contributed by atoms with E-state index in [9.17, 15) is 12.8 Å². The summed E-state index contributed by atoms with van der Waals surface area (Å²) in [6.07, 6.45) is 0.584. The Kier molecular flexibility index (Phi) is 4.83. The SMILES string of the molecule is CCN(C(=S)Nc1ccc(C)c(F)c1)[C@@H]1CCS(=O)(=O)C1. The van der Waals surface area contributed by atoms with E-state index in [-0.39, 0.29) is 23.4 Å². The summed E-state index contributed by atoms with van der Waals surface area (Å²) in [7, 11) is -2.96. The van der Waals surface area contributed by atoms with Crippen molar-refractivity contribution in [2.45, 2.75) is 26.3 Å². The summed E-state index contributed by atoms with van der Waals surface area (Å²) >= 11 is 5.34. The normalized spacial score (nSPS) is 20.2. The van der Waals surface area contributed by atoms with Crippen LogP contribution in [-0.2, 0) is 9.84 Å². The Balaban J connectivity index is 2.08. The fraction of sp³-hybridized carbons (Fsp3) is 0.500. The third-order valence-corrected chi connectivity index (χ3v) is 5.76. The molecule has 116 valence electrons. The van der Waals surface area contributed by atoms with Crippen LogP contribution in [0.1, 0.15) is 18.9 Å². The lowest BCUT2D eigenvalue weighted by molar-refractivity contribution is 0.355. The summed E-state index contributed by atoms with van der Waals surface area (Å²) in [5.74, 6) is 0.0372. The van der Waals surface area contributed by atoms with Gasteiger partial charge in [0.2, 0.25) is 0 Å². The van der Waals surface area contributed by atoms with Crippen molar-refractivity contribution in [1.29, 1.82) is 0 Å². The molecule has 1 atom stereocenters. The quantitative estimate of drug-likeness (QED) is 0.862. The van der Waals surface area contributed by atoms with Gasteiger partial charge >= 0.3 is 0 Å². The molecule has 1 fully saturated rings. The zero-order valence-corrected chi connectivity index (χ0v) is 13.7. The molecule has 0 spiro atoms. The molecule has 7 heteroatoms. The van der Waals surface area contributed by atoms with Crippen LogP contribution >= 0.6 is 12.2 Å². The molecule has 1 heterocycles. The summed E-state index contributed by atoms with van der Waals surface area (Å²) in [6, 6.07) is 4.72. The predicted molar refractivity (Wildman–Crippen MR) is 86.8 cm³/mol. The number of hydrogen-bond acceptors (Lipinski definition) is 3. The number of halogens is 1. The molecule has 1 N–H and O–H groups in total. The Morgan fingerprint density at radius 3 is 2.76 bits per heavy atom. The molecule has 1 aliphatic heterocycles. The van der Waals surface area contributed by atoms with Crippen molar-refractivity contribution in [3.8, 4) is 0 Å². The highest BCUT2D eigenvalue weighted by molar-refractivity contribution is 7.91. The molecule has 0 amide bonds. The topological polar surface area (TPSA) is 49.4 Å². The van der Waals surface area contributed by atoms with E-state index in [1.54, 1.807) is 19.1 Å². The van der Waals surface area contributed by atoms with E-state index in [1.165, 1.54) is 6.07 Å². The average Bonchev–Trinajstić information content (AvgIpc) is 2.75. The summed E-state index contributed by atoms with van der Waals surface area (Å²) in [6.45, 7) is 4.23. The van der Waals surface area contributed by atoms with Crippen LogP contribution in [0.3, 0.4) is 0 Å². The van der Waals surface area contributed by atoms with Crippen LogP contribution in [0.25, 0.3) is 0 Å². The number of aryl methyl sites for hydroxylation is 1. The summed E-state index contributed by atoms with van der Waals surface area (Å²) < 4.78 is 36.7. The zero-order chi connectivity index (χ0) is 15.6. The van der Waals surface area contributed by atoms with E-state index in [4.69, 9.17) is 12.2 Å². The first-order valence-corrected chi connectivity index (χ1v) is 9.09. The van der Waals surface area contributed by atoms with Gasteiger partial charge in [0.05, 0.1) is 11.5 Å². The Hall–Kier alpha value is -1.21. The lowest BCUT2D eigenvalue weighted by Crippen LogP contribution is -2.43. The van der Waals surface area contributed by atoms with E-state index in [0.29, 0.717) is 29.3 Å². The summed E-state index contributed by atoms with van der Waals surface area (Å²) in [4.78, 5) is 1.86. The van der Waals surface area contributed by atoms with Crippen LogP contribution < -0.4 is 5.32 Å². The standard InChI is InChI=1S/C14H19FN2O2S2/c1-3-17(12-6-7-21(18,19)9-12)14(20)16-11-5-4-10(2)13(15)8-11/h4-5,8,12H,3,6-7,9H2,1-2H3,(H,16,20)/t12-/m1/s1. The minimum Gasteiger partial charge on any atom is -0.345 e. The minimum absolute atomic E-state index is 0.102. The van der Waals surface area contributed by atoms with Gasteiger partial charge in [-0.2, -0.15) is 0 Å². The first-order chi connectivity index (χ1) is 9.82. The number of anilines is 1. The smallest absolute Gasteiger partial charge is 0.173 e. The van der Waals surface area contributed by atoms with Crippen LogP contribution in [0.2, 0.25) is 0 Å². The maximum Gasteiger partial charge on any atom is 0.173 e. The fourth-order valence-electron chi connectivity index (χ4n) is 2.45. The second kappa shape index (κ2) is 6.27. The molecule has 0 saturated carbocycles. The first kappa shape index (κ1) is 16.2. The number of hydrogen-bond donors (Lipinski definition) is 1. The Labute approximate surface area is 130 Å². The molecular weight excluding hydrogens is 311 g/mol. The molecule has 2 rings (SSSR count). The maximum absolute atomic E-state index is 13.5. The zero-order valence-electron chi connectivity index (χ0n) is 12.1. The molecule has 0 aromatic heterocycles. The van der Waals surface area contributed by atoms with E-state index < -0.39 is 9.84 Å². The van der Waals surface area contributed by atoms with Crippen molar-refractivity contribution in [3.63, 3.8) is 0 Å². The third-order valence-electron chi connectivity index (χ3n) is 3.67. The molecule has 0 bridgehead atoms. The van der Waals surface area contributed by atoms with Crippen molar-refractivity contribution in [1.82, 2.24) is 4.90 Å². The largest absolute Gasteiger partial charge is 0.345 e. The third kappa shape index (κ3) is 3.91. The van der Waals surface area contributed by atoms with Gasteiger partial charge in [0.1, 0.15) is 5.82 Å². The molecule has 0 aliphatic carbocycles. The molecule has 0 unspecified atom stereocenters. The highest BCUT2D eigenvalue weighted by Gasteiger charge is 2.32. The van der Waals surface area contributed by atoms with Crippen molar-refractivity contribution in [3.05, 3.63) is 29.6 Å². The van der Waals surface area contributed by atoms with Gasteiger partial charge in [-0.3, -0.25) is 0 Å². The predicted octanol–water partition coefficient (Wildman–Crippen LogP) is 2.34. The Morgan fingerprint density at radius 1 is 1.52 bits per heavy atom. The number of benzene rings is 1. The molecule has 1 aliphatic rings. The molecule has 1 saturated heterocycles. The molecule has 4 nitrogen and oxygen atoms in total. The number of rotatable bonds is 3. The second-order valence-corrected chi connectivity index (χ2v) is 7.85. The van der Waals surface area contributed by atoms with Crippen LogP contribution in [-0.4, -0.2) is 42.5 Å². The van der Waals surface area contributed by atoms with Crippen molar-refractivity contribution < 1.29 is 12.8 Å². The highest BCUT2D eigenvalue weighted by Crippen LogP contribution is 2.20. The second-order valence-electron chi connectivity index (χ2n) is 5.24. The van der Waals surface area contributed by atoms with Crippen molar-refractivity contribution in [2.75, 3.05) is 23.4 Å². The van der Waals surface area contributed by atoms with E-state index in [1.807, 2.05) is 11.8 Å². The number of sulfone groups is 1. The van der Waals surface area contributed by atoms with Gasteiger partial charge in [-0.15, -0.1) is 0 Å². The average molecular weight is 330 g/mol. The van der Waals surface area contributed by atoms with Crippen LogP contribution in [0.4, 0.5) is 10.1 Å². The Bertz CT molecular complexity index is 646. The van der Waals surface area contributed by atoms with E-state index in [2.05, 4.69) is 5.32 Å². The maximum atomic E-state index is 13.5. The number of nitrogens with zero attached hydrogens (tertiary/aromatic N) is 1. The van der Waals surface area contributed by atoms with E-state index >= 15 is 0 Å². The molecular formula is C14H19FN2O2S2. The first-order valence-electron chi connectivity index (χ1n) is 6.86. The van der Waals surface area contributed by atoms with Gasteiger partial charge in [0.25, 0.3) is 0 Å². The van der Waals surface area contributed by atoms with E-state index in [0.717, 1.165) is 0 Å². The molecule has 1 aromatic rings. The summed E-state index contributed by atoms with van der Waals surface area (Å²) in [5.41, 5.74) is 1.14. The molecule has 21 heavy (non-hydrogen) atoms. The number of thiocarbonyl (C=S) groups is 1. The lowest BCUT2D eigenvalue weighted by Gasteiger charge is -2.29. The van der Waals surface area contributed by atoms with Crippen molar-refractivity contribution >= 4 is 32.9 Å². The molecule has 1 aromatic carbocycles. The monoisotopic (exact) mass is 330 g/mol. The minimum atomic E-state index is -2.96. The van der Waals surface area contributed by atoms with Gasteiger partial charge in [-0.1, -0.05) is 6.07 Å². The van der Waals surface area contributed by atoms with Gasteiger partial charge < -0.3 is 10.2 Å². The van der Waals surface area contributed by atoms with Crippen molar-refractivity contribution in [2.24, 2.45) is 0 Å². The molecule has 0 radical (unpaired) electrons. The van der Waals surface area contributed by atoms with Gasteiger partial charge in [-0.25, -0.2) is 12.8 Å². The summed E-state index contributed by atoms with van der Waals surface area (Å²) in [5, 5.41) is 3.42. The van der Waals surface area contributed by atoms with Gasteiger partial charge in [0, 0.05) is 18.3 Å². The van der Waals surface area contributed by atoms with Crippen LogP contribution in [0.5, 0.6) is 0 Å². The lowest BCUT2D eigenvalue weighted by atomic mass is 10.2. The Morgan fingerprint density at radius 2 is 2.24 bits per heavy atom. The van der Waals surface area contributed by atoms with Gasteiger partial charge in [0.15, 0.2) is 14.9 Å². The van der Waals surface area contributed by atoms with Crippen LogP contribution in [0.15, 0.2) is 18.2 Å². The van der Waals surface area contributed by atoms with Gasteiger partial charge in [-0.05, 0) is 50.2 Å². The highest BCUT2D eigenvalue weighted by atomic mass is 32.2. The van der Waals surface area contributed by atoms with Crippen LogP contribution in [0, 0.1) is 12.7 Å². The number of nitrogens with one attached hydrogen (secondary N) is 1.